The van der Waals surface area contributed by atoms with E-state index in [4.69, 9.17) is 9.47 Å². The van der Waals surface area contributed by atoms with Crippen LogP contribution in [-0.4, -0.2) is 34.8 Å². The quantitative estimate of drug-likeness (QED) is 0.177. The standard InChI is InChI=1S/C19H34Br2O4/c1-5-7-9-11-17(22)24-13-19(15(3)20,16(4)21)14-25-18(23)12-10-8-6-2/h15-16H,5-14H2,1-4H3. The number of hydrogen-bond acceptors (Lipinski definition) is 4. The molecule has 0 aromatic carbocycles. The van der Waals surface area contributed by atoms with Gasteiger partial charge in [0.2, 0.25) is 0 Å². The fourth-order valence-electron chi connectivity index (χ4n) is 2.43. The molecule has 0 rings (SSSR count). The van der Waals surface area contributed by atoms with Crippen molar-refractivity contribution in [3.05, 3.63) is 0 Å². The third-order valence-corrected chi connectivity index (χ3v) is 6.38. The summed E-state index contributed by atoms with van der Waals surface area (Å²) in [6.07, 6.45) is 6.77. The average molecular weight is 486 g/mol. The van der Waals surface area contributed by atoms with Crippen molar-refractivity contribution >= 4 is 43.8 Å². The highest BCUT2D eigenvalue weighted by molar-refractivity contribution is 9.10. The van der Waals surface area contributed by atoms with E-state index in [-0.39, 0.29) is 34.8 Å². The fourth-order valence-corrected chi connectivity index (χ4v) is 4.11. The normalized spacial score (nSPS) is 14.0. The first kappa shape index (κ1) is 24.9. The Morgan fingerprint density at radius 3 is 1.44 bits per heavy atom. The number of carbonyl (C=O) groups excluding carboxylic acids is 2. The average Bonchev–Trinajstić information content (AvgIpc) is 2.55. The largest absolute Gasteiger partial charge is 0.465 e. The Kier molecular flexibility index (Phi) is 14.0. The first-order chi connectivity index (χ1) is 11.8. The van der Waals surface area contributed by atoms with Crippen LogP contribution >= 0.6 is 31.9 Å². The van der Waals surface area contributed by atoms with Crippen LogP contribution in [0, 0.1) is 5.41 Å². The van der Waals surface area contributed by atoms with Gasteiger partial charge in [0, 0.05) is 22.5 Å². The summed E-state index contributed by atoms with van der Waals surface area (Å²) in [5, 5.41) is 0. The van der Waals surface area contributed by atoms with E-state index in [2.05, 4.69) is 45.7 Å². The zero-order valence-electron chi connectivity index (χ0n) is 16.1. The molecule has 6 heteroatoms. The molecule has 148 valence electrons. The summed E-state index contributed by atoms with van der Waals surface area (Å²) in [5.41, 5.74) is -0.499. The number of alkyl halides is 2. The molecule has 25 heavy (non-hydrogen) atoms. The Hall–Kier alpha value is -0.100. The van der Waals surface area contributed by atoms with Gasteiger partial charge in [0.15, 0.2) is 0 Å². The zero-order valence-corrected chi connectivity index (χ0v) is 19.3. The summed E-state index contributed by atoms with van der Waals surface area (Å²) in [7, 11) is 0. The van der Waals surface area contributed by atoms with E-state index in [0.717, 1.165) is 38.5 Å². The van der Waals surface area contributed by atoms with Crippen LogP contribution in [0.2, 0.25) is 0 Å². The number of carbonyl (C=O) groups is 2. The highest BCUT2D eigenvalue weighted by Crippen LogP contribution is 2.37. The predicted molar refractivity (Wildman–Crippen MR) is 109 cm³/mol. The molecule has 0 amide bonds. The van der Waals surface area contributed by atoms with E-state index >= 15 is 0 Å². The zero-order chi connectivity index (χ0) is 19.3. The van der Waals surface area contributed by atoms with Gasteiger partial charge in [-0.3, -0.25) is 9.59 Å². The van der Waals surface area contributed by atoms with Crippen LogP contribution in [0.5, 0.6) is 0 Å². The van der Waals surface area contributed by atoms with E-state index in [1.165, 1.54) is 0 Å². The number of rotatable bonds is 14. The van der Waals surface area contributed by atoms with E-state index in [9.17, 15) is 9.59 Å². The SMILES string of the molecule is CCCCCC(=O)OCC(COC(=O)CCCCC)(C(C)Br)C(C)Br. The Labute approximate surface area is 170 Å². The molecule has 0 aromatic heterocycles. The van der Waals surface area contributed by atoms with Gasteiger partial charge in [-0.15, -0.1) is 0 Å². The number of ether oxygens (including phenoxy) is 2. The van der Waals surface area contributed by atoms with Crippen LogP contribution in [0.1, 0.15) is 79.1 Å². The van der Waals surface area contributed by atoms with Crippen molar-refractivity contribution in [2.24, 2.45) is 5.41 Å². The molecule has 0 saturated heterocycles. The Bertz CT molecular complexity index is 348. The molecule has 0 heterocycles. The lowest BCUT2D eigenvalue weighted by Crippen LogP contribution is -2.46. The summed E-state index contributed by atoms with van der Waals surface area (Å²) in [4.78, 5) is 24.0. The molecule has 0 aliphatic rings. The van der Waals surface area contributed by atoms with Crippen molar-refractivity contribution in [2.45, 2.75) is 88.7 Å². The molecule has 0 bridgehead atoms. The molecule has 2 atom stereocenters. The first-order valence-corrected chi connectivity index (χ1v) is 11.2. The second-order valence-electron chi connectivity index (χ2n) is 6.70. The molecular weight excluding hydrogens is 452 g/mol. The highest BCUT2D eigenvalue weighted by atomic mass is 79.9. The Balaban J connectivity index is 4.68. The van der Waals surface area contributed by atoms with Gasteiger partial charge < -0.3 is 9.47 Å². The van der Waals surface area contributed by atoms with Crippen LogP contribution in [0.25, 0.3) is 0 Å². The molecule has 0 aliphatic heterocycles. The minimum atomic E-state index is -0.499. The lowest BCUT2D eigenvalue weighted by Gasteiger charge is -2.38. The second kappa shape index (κ2) is 14.0. The molecule has 0 saturated carbocycles. The molecule has 0 aromatic rings. The van der Waals surface area contributed by atoms with Gasteiger partial charge in [0.25, 0.3) is 0 Å². The third kappa shape index (κ3) is 9.97. The van der Waals surface area contributed by atoms with E-state index < -0.39 is 5.41 Å². The van der Waals surface area contributed by atoms with Crippen LogP contribution in [0.15, 0.2) is 0 Å². The molecule has 0 aliphatic carbocycles. The molecular formula is C19H34Br2O4. The van der Waals surface area contributed by atoms with Crippen molar-refractivity contribution < 1.29 is 19.1 Å². The monoisotopic (exact) mass is 484 g/mol. The van der Waals surface area contributed by atoms with Gasteiger partial charge in [-0.2, -0.15) is 0 Å². The topological polar surface area (TPSA) is 52.6 Å². The number of hydrogen-bond donors (Lipinski definition) is 0. The van der Waals surface area contributed by atoms with E-state index in [1.807, 2.05) is 13.8 Å². The summed E-state index contributed by atoms with van der Waals surface area (Å²) < 4.78 is 11.0. The van der Waals surface area contributed by atoms with E-state index in [1.54, 1.807) is 0 Å². The predicted octanol–water partition coefficient (Wildman–Crippen LogP) is 5.79. The molecule has 0 fully saturated rings. The minimum absolute atomic E-state index is 0.0151. The van der Waals surface area contributed by atoms with Gasteiger partial charge in [0.05, 0.1) is 5.41 Å². The molecule has 2 unspecified atom stereocenters. The second-order valence-corrected chi connectivity index (χ2v) is 9.45. The van der Waals surface area contributed by atoms with E-state index in [0.29, 0.717) is 12.8 Å². The maximum absolute atomic E-state index is 12.0. The summed E-state index contributed by atoms with van der Waals surface area (Å²) >= 11 is 7.23. The molecule has 0 radical (unpaired) electrons. The molecule has 0 spiro atoms. The van der Waals surface area contributed by atoms with Crippen molar-refractivity contribution in [2.75, 3.05) is 13.2 Å². The lowest BCUT2D eigenvalue weighted by atomic mass is 9.84. The number of unbranched alkanes of at least 4 members (excludes halogenated alkanes) is 4. The van der Waals surface area contributed by atoms with Crippen molar-refractivity contribution in [3.8, 4) is 0 Å². The maximum Gasteiger partial charge on any atom is 0.305 e. The number of halogens is 2. The van der Waals surface area contributed by atoms with Crippen LogP contribution < -0.4 is 0 Å². The third-order valence-electron chi connectivity index (χ3n) is 4.56. The first-order valence-electron chi connectivity index (χ1n) is 9.39. The maximum atomic E-state index is 12.0. The summed E-state index contributed by atoms with van der Waals surface area (Å²) in [5.74, 6) is -0.373. The van der Waals surface area contributed by atoms with Crippen molar-refractivity contribution in [1.82, 2.24) is 0 Å². The number of esters is 2. The van der Waals surface area contributed by atoms with Gasteiger partial charge >= 0.3 is 11.9 Å². The van der Waals surface area contributed by atoms with Gasteiger partial charge in [-0.1, -0.05) is 85.2 Å². The molecule has 0 N–H and O–H groups in total. The van der Waals surface area contributed by atoms with Crippen molar-refractivity contribution in [1.29, 1.82) is 0 Å². The fraction of sp³-hybridized carbons (Fsp3) is 0.895. The summed E-state index contributed by atoms with van der Waals surface area (Å²) in [6, 6.07) is 0. The Morgan fingerprint density at radius 1 is 0.800 bits per heavy atom. The van der Waals surface area contributed by atoms with Crippen LogP contribution in [-0.2, 0) is 19.1 Å². The smallest absolute Gasteiger partial charge is 0.305 e. The minimum Gasteiger partial charge on any atom is -0.465 e. The van der Waals surface area contributed by atoms with Crippen molar-refractivity contribution in [3.63, 3.8) is 0 Å². The highest BCUT2D eigenvalue weighted by Gasteiger charge is 2.42. The summed E-state index contributed by atoms with van der Waals surface area (Å²) in [6.45, 7) is 8.63. The van der Waals surface area contributed by atoms with Crippen LogP contribution in [0.3, 0.4) is 0 Å². The molecule has 4 nitrogen and oxygen atoms in total. The lowest BCUT2D eigenvalue weighted by molar-refractivity contribution is -0.154. The Morgan fingerprint density at radius 2 is 1.16 bits per heavy atom. The van der Waals surface area contributed by atoms with Crippen LogP contribution in [0.4, 0.5) is 0 Å². The van der Waals surface area contributed by atoms with Gasteiger partial charge in [-0.05, 0) is 12.8 Å². The van der Waals surface area contributed by atoms with Gasteiger partial charge in [-0.25, -0.2) is 0 Å². The van der Waals surface area contributed by atoms with Gasteiger partial charge in [0.1, 0.15) is 13.2 Å².